The molecule has 3 N–H and O–H groups in total. The molecule has 0 saturated heterocycles. The molecule has 0 fully saturated rings. The molecule has 1 aromatic heterocycles. The van der Waals surface area contributed by atoms with E-state index in [4.69, 9.17) is 23.2 Å². The normalized spacial score (nSPS) is 12.1. The molecule has 0 spiro atoms. The van der Waals surface area contributed by atoms with Gasteiger partial charge in [0.05, 0.1) is 18.3 Å². The Bertz CT molecular complexity index is 915. The molecule has 0 saturated carbocycles. The highest BCUT2D eigenvalue weighted by molar-refractivity contribution is 6.35. The van der Waals surface area contributed by atoms with Crippen LogP contribution in [-0.4, -0.2) is 27.7 Å². The average Bonchev–Trinajstić information content (AvgIpc) is 2.65. The van der Waals surface area contributed by atoms with Crippen molar-refractivity contribution >= 4 is 40.7 Å². The zero-order chi connectivity index (χ0) is 20.1. The molecule has 1 heterocycles. The Kier molecular flexibility index (Phi) is 6.73. The molecule has 0 bridgehead atoms. The standard InChI is InChI=1S/C21H22Cl2N4O/c1-13(2)19(12-28)26-21-25-18(14-6-4-3-5-7-14)11-20(27-21)24-17-9-15(22)8-16(23)10-17/h3-11,13,19,28H,12H2,1-2H3,(H2,24,25,26,27)/t19-/m1/s1. The van der Waals surface area contributed by atoms with Crippen LogP contribution in [0.15, 0.2) is 54.6 Å². The highest BCUT2D eigenvalue weighted by Gasteiger charge is 2.15. The molecule has 0 aliphatic heterocycles. The number of halogens is 2. The molecule has 0 unspecified atom stereocenters. The number of hydrogen-bond donors (Lipinski definition) is 3. The molecular formula is C21H22Cl2N4O. The van der Waals surface area contributed by atoms with Gasteiger partial charge >= 0.3 is 0 Å². The van der Waals surface area contributed by atoms with Gasteiger partial charge in [-0.15, -0.1) is 0 Å². The van der Waals surface area contributed by atoms with E-state index in [1.807, 2.05) is 50.2 Å². The first kappa shape index (κ1) is 20.4. The lowest BCUT2D eigenvalue weighted by Gasteiger charge is -2.20. The summed E-state index contributed by atoms with van der Waals surface area (Å²) in [7, 11) is 0. The Morgan fingerprint density at radius 3 is 2.25 bits per heavy atom. The molecule has 2 aromatic carbocycles. The first-order valence-electron chi connectivity index (χ1n) is 8.99. The molecule has 7 heteroatoms. The van der Waals surface area contributed by atoms with Gasteiger partial charge in [-0.1, -0.05) is 67.4 Å². The third-order valence-electron chi connectivity index (χ3n) is 4.25. The van der Waals surface area contributed by atoms with Gasteiger partial charge in [0, 0.05) is 27.4 Å². The van der Waals surface area contributed by atoms with Crippen LogP contribution in [-0.2, 0) is 0 Å². The Morgan fingerprint density at radius 2 is 1.64 bits per heavy atom. The Balaban J connectivity index is 1.99. The quantitative estimate of drug-likeness (QED) is 0.465. The minimum Gasteiger partial charge on any atom is -0.394 e. The zero-order valence-corrected chi connectivity index (χ0v) is 17.2. The van der Waals surface area contributed by atoms with E-state index in [0.29, 0.717) is 21.8 Å². The molecule has 146 valence electrons. The number of hydrogen-bond acceptors (Lipinski definition) is 5. The SMILES string of the molecule is CC(C)[C@@H](CO)Nc1nc(Nc2cc(Cl)cc(Cl)c2)cc(-c2ccccc2)n1. The molecule has 0 radical (unpaired) electrons. The smallest absolute Gasteiger partial charge is 0.225 e. The van der Waals surface area contributed by atoms with Crippen LogP contribution in [0.4, 0.5) is 17.5 Å². The second-order valence-electron chi connectivity index (χ2n) is 6.79. The van der Waals surface area contributed by atoms with Crippen molar-refractivity contribution in [3.8, 4) is 11.3 Å². The highest BCUT2D eigenvalue weighted by Crippen LogP contribution is 2.27. The van der Waals surface area contributed by atoms with Gasteiger partial charge in [-0.05, 0) is 24.1 Å². The first-order valence-corrected chi connectivity index (χ1v) is 9.75. The van der Waals surface area contributed by atoms with Gasteiger partial charge in [0.1, 0.15) is 5.82 Å². The van der Waals surface area contributed by atoms with Crippen LogP contribution >= 0.6 is 23.2 Å². The van der Waals surface area contributed by atoms with E-state index in [9.17, 15) is 5.11 Å². The van der Waals surface area contributed by atoms with E-state index in [0.717, 1.165) is 16.9 Å². The molecule has 3 aromatic rings. The van der Waals surface area contributed by atoms with Crippen LogP contribution in [0.1, 0.15) is 13.8 Å². The van der Waals surface area contributed by atoms with Crippen LogP contribution in [0.3, 0.4) is 0 Å². The van der Waals surface area contributed by atoms with Crippen LogP contribution < -0.4 is 10.6 Å². The van der Waals surface area contributed by atoms with E-state index in [1.54, 1.807) is 18.2 Å². The van der Waals surface area contributed by atoms with Gasteiger partial charge < -0.3 is 15.7 Å². The van der Waals surface area contributed by atoms with Gasteiger partial charge in [0.15, 0.2) is 0 Å². The Hall–Kier alpha value is -2.34. The molecule has 0 amide bonds. The second-order valence-corrected chi connectivity index (χ2v) is 7.66. The third-order valence-corrected chi connectivity index (χ3v) is 4.68. The van der Waals surface area contributed by atoms with Gasteiger partial charge in [-0.2, -0.15) is 4.98 Å². The summed E-state index contributed by atoms with van der Waals surface area (Å²) in [5.74, 6) is 1.25. The summed E-state index contributed by atoms with van der Waals surface area (Å²) in [5, 5.41) is 17.2. The predicted octanol–water partition coefficient (Wildman–Crippen LogP) is 5.62. The largest absolute Gasteiger partial charge is 0.394 e. The maximum Gasteiger partial charge on any atom is 0.225 e. The molecule has 0 aliphatic rings. The molecule has 3 rings (SSSR count). The maximum absolute atomic E-state index is 9.65. The monoisotopic (exact) mass is 416 g/mol. The van der Waals surface area contributed by atoms with Crippen molar-refractivity contribution in [3.05, 3.63) is 64.6 Å². The lowest BCUT2D eigenvalue weighted by Crippen LogP contribution is -2.30. The summed E-state index contributed by atoms with van der Waals surface area (Å²) in [4.78, 5) is 9.18. The molecular weight excluding hydrogens is 395 g/mol. The average molecular weight is 417 g/mol. The number of aliphatic hydroxyl groups is 1. The number of nitrogens with zero attached hydrogens (tertiary/aromatic N) is 2. The van der Waals surface area contributed by atoms with Gasteiger partial charge in [-0.25, -0.2) is 4.98 Å². The van der Waals surface area contributed by atoms with E-state index in [2.05, 4.69) is 20.6 Å². The number of anilines is 3. The summed E-state index contributed by atoms with van der Waals surface area (Å²) in [6.07, 6.45) is 0. The lowest BCUT2D eigenvalue weighted by molar-refractivity contribution is 0.248. The minimum absolute atomic E-state index is 0.0107. The fourth-order valence-corrected chi connectivity index (χ4v) is 3.22. The van der Waals surface area contributed by atoms with E-state index < -0.39 is 0 Å². The maximum atomic E-state index is 9.65. The van der Waals surface area contributed by atoms with Gasteiger partial charge in [-0.3, -0.25) is 0 Å². The number of rotatable bonds is 7. The van der Waals surface area contributed by atoms with Gasteiger partial charge in [0.2, 0.25) is 5.95 Å². The minimum atomic E-state index is -0.153. The number of aromatic nitrogens is 2. The van der Waals surface area contributed by atoms with Crippen molar-refractivity contribution in [2.45, 2.75) is 19.9 Å². The molecule has 28 heavy (non-hydrogen) atoms. The van der Waals surface area contributed by atoms with Crippen molar-refractivity contribution in [2.75, 3.05) is 17.2 Å². The first-order chi connectivity index (χ1) is 13.4. The summed E-state index contributed by atoms with van der Waals surface area (Å²) in [6.45, 7) is 4.05. The molecule has 1 atom stereocenters. The number of aliphatic hydroxyl groups excluding tert-OH is 1. The van der Waals surface area contributed by atoms with E-state index in [-0.39, 0.29) is 18.6 Å². The van der Waals surface area contributed by atoms with Crippen LogP contribution in [0.2, 0.25) is 10.0 Å². The number of benzene rings is 2. The van der Waals surface area contributed by atoms with Crippen LogP contribution in [0, 0.1) is 5.92 Å². The topological polar surface area (TPSA) is 70.1 Å². The second kappa shape index (κ2) is 9.24. The molecule has 0 aliphatic carbocycles. The van der Waals surface area contributed by atoms with E-state index in [1.165, 1.54) is 0 Å². The number of nitrogens with one attached hydrogen (secondary N) is 2. The summed E-state index contributed by atoms with van der Waals surface area (Å²) in [5.41, 5.74) is 2.45. The highest BCUT2D eigenvalue weighted by atomic mass is 35.5. The molecule has 5 nitrogen and oxygen atoms in total. The lowest BCUT2D eigenvalue weighted by atomic mass is 10.1. The van der Waals surface area contributed by atoms with Crippen LogP contribution in [0.5, 0.6) is 0 Å². The summed E-state index contributed by atoms with van der Waals surface area (Å²) in [6, 6.07) is 16.8. The van der Waals surface area contributed by atoms with Crippen molar-refractivity contribution in [1.82, 2.24) is 9.97 Å². The van der Waals surface area contributed by atoms with Crippen LogP contribution in [0.25, 0.3) is 11.3 Å². The Labute approximate surface area is 174 Å². The fraction of sp³-hybridized carbons (Fsp3) is 0.238. The summed E-state index contributed by atoms with van der Waals surface area (Å²) < 4.78 is 0. The van der Waals surface area contributed by atoms with Crippen molar-refractivity contribution in [1.29, 1.82) is 0 Å². The third kappa shape index (κ3) is 5.35. The van der Waals surface area contributed by atoms with Crippen molar-refractivity contribution in [2.24, 2.45) is 5.92 Å². The van der Waals surface area contributed by atoms with Crippen molar-refractivity contribution < 1.29 is 5.11 Å². The predicted molar refractivity (Wildman–Crippen MR) is 117 cm³/mol. The van der Waals surface area contributed by atoms with Gasteiger partial charge in [0.25, 0.3) is 0 Å². The summed E-state index contributed by atoms with van der Waals surface area (Å²) >= 11 is 12.2. The van der Waals surface area contributed by atoms with Crippen molar-refractivity contribution in [3.63, 3.8) is 0 Å². The fourth-order valence-electron chi connectivity index (χ4n) is 2.70. The van der Waals surface area contributed by atoms with E-state index >= 15 is 0 Å². The Morgan fingerprint density at radius 1 is 0.964 bits per heavy atom. The zero-order valence-electron chi connectivity index (χ0n) is 15.7.